The molecule has 2 aromatic rings. The Hall–Kier alpha value is -2.73. The van der Waals surface area contributed by atoms with Crippen molar-refractivity contribution < 1.29 is 19.4 Å². The van der Waals surface area contributed by atoms with Crippen LogP contribution in [0.4, 0.5) is 0 Å². The van der Waals surface area contributed by atoms with E-state index in [1.54, 1.807) is 0 Å². The molecule has 2 atom stereocenters. The van der Waals surface area contributed by atoms with E-state index in [2.05, 4.69) is 10.3 Å². The Morgan fingerprint density at radius 2 is 2.04 bits per heavy atom. The lowest BCUT2D eigenvalue weighted by molar-refractivity contribution is 0.0671. The summed E-state index contributed by atoms with van der Waals surface area (Å²) < 4.78 is 5.75. The summed E-state index contributed by atoms with van der Waals surface area (Å²) in [6.07, 6.45) is 3.07. The minimum atomic E-state index is -1.16. The third kappa shape index (κ3) is 3.60. The van der Waals surface area contributed by atoms with Gasteiger partial charge in [-0.2, -0.15) is 0 Å². The predicted molar refractivity (Wildman–Crippen MR) is 86.8 cm³/mol. The molecule has 1 saturated heterocycles. The van der Waals surface area contributed by atoms with Crippen molar-refractivity contribution in [1.29, 1.82) is 0 Å². The fraction of sp³-hybridized carbons (Fsp3) is 0.278. The minimum absolute atomic E-state index is 0.0860. The number of nitrogens with zero attached hydrogens (tertiary/aromatic N) is 1. The number of amides is 1. The summed E-state index contributed by atoms with van der Waals surface area (Å²) in [7, 11) is 0. The number of aromatic nitrogens is 1. The highest BCUT2D eigenvalue weighted by Crippen LogP contribution is 2.27. The van der Waals surface area contributed by atoms with Crippen molar-refractivity contribution in [2.24, 2.45) is 0 Å². The predicted octanol–water partition coefficient (Wildman–Crippen LogP) is 2.43. The molecule has 1 amide bonds. The van der Waals surface area contributed by atoms with E-state index < -0.39 is 5.97 Å². The van der Waals surface area contributed by atoms with Crippen LogP contribution in [0.2, 0.25) is 0 Å². The van der Waals surface area contributed by atoms with Crippen LogP contribution in [0, 0.1) is 0 Å². The largest absolute Gasteiger partial charge is 0.477 e. The molecule has 1 aliphatic rings. The molecule has 0 aliphatic carbocycles. The van der Waals surface area contributed by atoms with Crippen LogP contribution >= 0.6 is 0 Å². The van der Waals surface area contributed by atoms with Crippen molar-refractivity contribution in [3.63, 3.8) is 0 Å². The van der Waals surface area contributed by atoms with Gasteiger partial charge < -0.3 is 15.2 Å². The maximum atomic E-state index is 12.6. The van der Waals surface area contributed by atoms with E-state index in [0.29, 0.717) is 6.61 Å². The average molecular weight is 326 g/mol. The molecule has 6 nitrogen and oxygen atoms in total. The monoisotopic (exact) mass is 326 g/mol. The van der Waals surface area contributed by atoms with Gasteiger partial charge in [0.05, 0.1) is 12.1 Å². The highest BCUT2D eigenvalue weighted by Gasteiger charge is 2.29. The van der Waals surface area contributed by atoms with Gasteiger partial charge in [-0.1, -0.05) is 30.3 Å². The third-order valence-corrected chi connectivity index (χ3v) is 4.02. The first-order chi connectivity index (χ1) is 11.6. The third-order valence-electron chi connectivity index (χ3n) is 4.02. The van der Waals surface area contributed by atoms with Gasteiger partial charge in [0.25, 0.3) is 5.91 Å². The second-order valence-electron chi connectivity index (χ2n) is 5.65. The van der Waals surface area contributed by atoms with Gasteiger partial charge in [-0.05, 0) is 30.5 Å². The van der Waals surface area contributed by atoms with E-state index in [4.69, 9.17) is 9.84 Å². The molecule has 3 rings (SSSR count). The number of carbonyl (C=O) groups excluding carboxylic acids is 1. The summed E-state index contributed by atoms with van der Waals surface area (Å²) in [4.78, 5) is 27.3. The molecular formula is C18H18N2O4. The average Bonchev–Trinajstić information content (AvgIpc) is 3.14. The number of ether oxygens (including phenoxy) is 1. The second kappa shape index (κ2) is 7.23. The number of carboxylic acids is 1. The molecule has 2 heterocycles. The van der Waals surface area contributed by atoms with Crippen LogP contribution in [-0.2, 0) is 4.74 Å². The van der Waals surface area contributed by atoms with Gasteiger partial charge in [0.2, 0.25) is 0 Å². The van der Waals surface area contributed by atoms with Crippen LogP contribution < -0.4 is 5.32 Å². The number of carbonyl (C=O) groups is 2. The lowest BCUT2D eigenvalue weighted by Crippen LogP contribution is -2.36. The number of pyridine rings is 1. The summed E-state index contributed by atoms with van der Waals surface area (Å²) >= 11 is 0. The van der Waals surface area contributed by atoms with Gasteiger partial charge >= 0.3 is 5.97 Å². The van der Waals surface area contributed by atoms with Crippen LogP contribution in [0.1, 0.15) is 45.3 Å². The molecule has 0 spiro atoms. The molecule has 0 radical (unpaired) electrons. The smallest absolute Gasteiger partial charge is 0.354 e. The standard InChI is InChI=1S/C18H18N2O4/c21-17(13-8-9-19-14(11-13)18(22)23)20-16(15-7-4-10-24-15)12-5-2-1-3-6-12/h1-3,5-6,8-9,11,15-16H,4,7,10H2,(H,20,21)(H,22,23). The lowest BCUT2D eigenvalue weighted by Gasteiger charge is -2.24. The normalized spacial score (nSPS) is 18.1. The number of aromatic carboxylic acids is 1. The molecule has 1 aromatic heterocycles. The van der Waals surface area contributed by atoms with Crippen LogP contribution in [0.5, 0.6) is 0 Å². The van der Waals surface area contributed by atoms with Crippen molar-refractivity contribution in [3.8, 4) is 0 Å². The summed E-state index contributed by atoms with van der Waals surface area (Å²) in [5, 5.41) is 12.0. The molecule has 2 N–H and O–H groups in total. The zero-order valence-electron chi connectivity index (χ0n) is 13.0. The van der Waals surface area contributed by atoms with Crippen molar-refractivity contribution in [2.75, 3.05) is 6.61 Å². The SMILES string of the molecule is O=C(NC(c1ccccc1)C1CCCO1)c1ccnc(C(=O)O)c1. The fourth-order valence-electron chi connectivity index (χ4n) is 2.83. The van der Waals surface area contributed by atoms with Crippen LogP contribution in [0.25, 0.3) is 0 Å². The van der Waals surface area contributed by atoms with Gasteiger partial charge in [-0.15, -0.1) is 0 Å². The fourth-order valence-corrected chi connectivity index (χ4v) is 2.83. The molecule has 6 heteroatoms. The summed E-state index contributed by atoms with van der Waals surface area (Å²) in [5.41, 5.74) is 1.07. The Balaban J connectivity index is 1.83. The first-order valence-electron chi connectivity index (χ1n) is 7.82. The van der Waals surface area contributed by atoms with Crippen molar-refractivity contribution in [3.05, 3.63) is 65.5 Å². The number of hydrogen-bond acceptors (Lipinski definition) is 4. The van der Waals surface area contributed by atoms with Crippen molar-refractivity contribution in [2.45, 2.75) is 25.0 Å². The zero-order chi connectivity index (χ0) is 16.9. The van der Waals surface area contributed by atoms with Crippen LogP contribution in [-0.4, -0.2) is 34.7 Å². The van der Waals surface area contributed by atoms with Crippen LogP contribution in [0.3, 0.4) is 0 Å². The molecule has 1 aliphatic heterocycles. The van der Waals surface area contributed by atoms with E-state index in [-0.39, 0.29) is 29.3 Å². The number of carboxylic acid groups (broad SMARTS) is 1. The molecule has 2 unspecified atom stereocenters. The molecule has 124 valence electrons. The Morgan fingerprint density at radius 1 is 1.25 bits per heavy atom. The molecule has 24 heavy (non-hydrogen) atoms. The minimum Gasteiger partial charge on any atom is -0.477 e. The quantitative estimate of drug-likeness (QED) is 0.881. The van der Waals surface area contributed by atoms with Crippen molar-refractivity contribution >= 4 is 11.9 Å². The van der Waals surface area contributed by atoms with E-state index in [1.165, 1.54) is 18.3 Å². The molecular weight excluding hydrogens is 308 g/mol. The van der Waals surface area contributed by atoms with Gasteiger partial charge in [0.1, 0.15) is 5.69 Å². The maximum absolute atomic E-state index is 12.6. The molecule has 0 saturated carbocycles. The van der Waals surface area contributed by atoms with E-state index in [1.807, 2.05) is 30.3 Å². The van der Waals surface area contributed by atoms with E-state index in [0.717, 1.165) is 18.4 Å². The van der Waals surface area contributed by atoms with E-state index in [9.17, 15) is 9.59 Å². The summed E-state index contributed by atoms with van der Waals surface area (Å²) in [6, 6.07) is 12.1. The van der Waals surface area contributed by atoms with Gasteiger partial charge in [-0.3, -0.25) is 4.79 Å². The van der Waals surface area contributed by atoms with Crippen molar-refractivity contribution in [1.82, 2.24) is 10.3 Å². The topological polar surface area (TPSA) is 88.5 Å². The molecule has 1 fully saturated rings. The highest BCUT2D eigenvalue weighted by molar-refractivity contribution is 5.96. The Labute approximate surface area is 139 Å². The van der Waals surface area contributed by atoms with Gasteiger partial charge in [0, 0.05) is 18.4 Å². The Morgan fingerprint density at radius 3 is 2.71 bits per heavy atom. The molecule has 1 aromatic carbocycles. The zero-order valence-corrected chi connectivity index (χ0v) is 13.0. The summed E-state index contributed by atoms with van der Waals surface area (Å²) in [6.45, 7) is 0.683. The Bertz CT molecular complexity index is 727. The maximum Gasteiger partial charge on any atom is 0.354 e. The second-order valence-corrected chi connectivity index (χ2v) is 5.65. The number of nitrogens with one attached hydrogen (secondary N) is 1. The summed E-state index contributed by atoms with van der Waals surface area (Å²) in [5.74, 6) is -1.51. The van der Waals surface area contributed by atoms with Crippen LogP contribution in [0.15, 0.2) is 48.7 Å². The Kier molecular flexibility index (Phi) is 4.86. The van der Waals surface area contributed by atoms with Gasteiger partial charge in [0.15, 0.2) is 0 Å². The number of benzene rings is 1. The molecule has 0 bridgehead atoms. The number of rotatable bonds is 5. The van der Waals surface area contributed by atoms with Gasteiger partial charge in [-0.25, -0.2) is 9.78 Å². The highest BCUT2D eigenvalue weighted by atomic mass is 16.5. The first-order valence-corrected chi connectivity index (χ1v) is 7.82. The van der Waals surface area contributed by atoms with E-state index >= 15 is 0 Å². The number of hydrogen-bond donors (Lipinski definition) is 2. The lowest BCUT2D eigenvalue weighted by atomic mass is 9.99. The first kappa shape index (κ1) is 16.1.